The molecule has 0 spiro atoms. The highest BCUT2D eigenvalue weighted by atomic mass is 32.2. The van der Waals surface area contributed by atoms with Gasteiger partial charge in [0.1, 0.15) is 17.3 Å². The van der Waals surface area contributed by atoms with Gasteiger partial charge < -0.3 is 15.3 Å². The number of nitrogens with zero attached hydrogens (tertiary/aromatic N) is 7. The third-order valence-electron chi connectivity index (χ3n) is 8.08. The SMILES string of the molecule is CN(C)C1CN(S(=O)(=O)N2CCC(Nc3ncc4cc(C#N)c(=O)n([C@@H]5CCC[C@@]5(C)O)c4n3)CC2)C1. The summed E-state index contributed by atoms with van der Waals surface area (Å²) in [4.78, 5) is 24.2. The predicted octanol–water partition coefficient (Wildman–Crippen LogP) is 0.506. The maximum Gasteiger partial charge on any atom is 0.282 e. The molecule has 0 unspecified atom stereocenters. The lowest BCUT2D eigenvalue weighted by atomic mass is 9.99. The second-order valence-electron chi connectivity index (χ2n) is 10.8. The van der Waals surface area contributed by atoms with Crippen molar-refractivity contribution in [2.75, 3.05) is 45.6 Å². The number of nitrogens with one attached hydrogen (secondary N) is 1. The summed E-state index contributed by atoms with van der Waals surface area (Å²) in [5, 5.41) is 24.3. The standard InChI is InChI=1S/C24H34N8O4S/c1-24(34)8-4-5-20(24)32-21-17(11-16(12-25)22(32)33)13-26-23(28-21)27-18-6-9-30(10-7-18)37(35,36)31-14-19(15-31)29(2)3/h11,13,18-20,34H,4-10,14-15H2,1-3H3,(H,26,27,28)/t20-,24-/m1/s1. The van der Waals surface area contributed by atoms with E-state index in [0.717, 1.165) is 6.42 Å². The van der Waals surface area contributed by atoms with Crippen LogP contribution in [0.25, 0.3) is 11.0 Å². The van der Waals surface area contributed by atoms with Gasteiger partial charge in [-0.15, -0.1) is 0 Å². The predicted molar refractivity (Wildman–Crippen MR) is 138 cm³/mol. The van der Waals surface area contributed by atoms with Gasteiger partial charge in [-0.25, -0.2) is 4.98 Å². The zero-order valence-electron chi connectivity index (χ0n) is 21.5. The van der Waals surface area contributed by atoms with Gasteiger partial charge in [-0.2, -0.15) is 27.3 Å². The molecule has 200 valence electrons. The Labute approximate surface area is 216 Å². The number of hydrogen-bond acceptors (Lipinski definition) is 9. The van der Waals surface area contributed by atoms with E-state index in [0.29, 0.717) is 68.8 Å². The fraction of sp³-hybridized carbons (Fsp3) is 0.667. The van der Waals surface area contributed by atoms with Crippen LogP contribution in [-0.2, 0) is 10.2 Å². The van der Waals surface area contributed by atoms with E-state index in [2.05, 4.69) is 15.3 Å². The molecule has 5 rings (SSSR count). The fourth-order valence-corrected chi connectivity index (χ4v) is 7.33. The van der Waals surface area contributed by atoms with Crippen molar-refractivity contribution in [1.82, 2.24) is 28.0 Å². The number of anilines is 1. The van der Waals surface area contributed by atoms with Crippen molar-refractivity contribution in [3.63, 3.8) is 0 Å². The summed E-state index contributed by atoms with van der Waals surface area (Å²) < 4.78 is 30.5. The minimum absolute atomic E-state index is 0.00723. The van der Waals surface area contributed by atoms with Gasteiger partial charge in [0.05, 0.1) is 11.6 Å². The Balaban J connectivity index is 1.33. The van der Waals surface area contributed by atoms with E-state index < -0.39 is 27.4 Å². The fourth-order valence-electron chi connectivity index (χ4n) is 5.61. The molecule has 0 aromatic carbocycles. The third kappa shape index (κ3) is 4.72. The normalized spacial score (nSPS) is 26.4. The monoisotopic (exact) mass is 530 g/mol. The molecule has 2 aromatic heterocycles. The number of fused-ring (bicyclic) bond motifs is 1. The van der Waals surface area contributed by atoms with Gasteiger partial charge in [-0.1, -0.05) is 0 Å². The van der Waals surface area contributed by atoms with Crippen molar-refractivity contribution in [2.45, 2.75) is 62.8 Å². The number of piperidine rings is 1. The Hall–Kier alpha value is -2.63. The van der Waals surface area contributed by atoms with Crippen LogP contribution in [-0.4, -0.2) is 99.5 Å². The molecule has 2 N–H and O–H groups in total. The third-order valence-corrected chi connectivity index (χ3v) is 10.1. The highest BCUT2D eigenvalue weighted by Gasteiger charge is 2.42. The molecule has 0 radical (unpaired) electrons. The van der Waals surface area contributed by atoms with Gasteiger partial charge in [-0.05, 0) is 59.2 Å². The molecule has 2 saturated heterocycles. The molecule has 0 bridgehead atoms. The summed E-state index contributed by atoms with van der Waals surface area (Å²) in [5.74, 6) is 0.334. The summed E-state index contributed by atoms with van der Waals surface area (Å²) in [6.45, 7) is 3.55. The van der Waals surface area contributed by atoms with E-state index in [1.54, 1.807) is 17.4 Å². The van der Waals surface area contributed by atoms with E-state index >= 15 is 0 Å². The molecule has 2 aromatic rings. The summed E-state index contributed by atoms with van der Waals surface area (Å²) in [5.41, 5.74) is -1.17. The van der Waals surface area contributed by atoms with Crippen LogP contribution in [0.3, 0.4) is 0 Å². The first-order valence-electron chi connectivity index (χ1n) is 12.7. The Morgan fingerprint density at radius 3 is 2.51 bits per heavy atom. The average Bonchev–Trinajstić information content (AvgIpc) is 3.16. The summed E-state index contributed by atoms with van der Waals surface area (Å²) in [6, 6.07) is 3.19. The topological polar surface area (TPSA) is 148 Å². The minimum Gasteiger partial charge on any atom is -0.388 e. The van der Waals surface area contributed by atoms with Crippen LogP contribution in [0, 0.1) is 11.3 Å². The molecule has 3 fully saturated rings. The van der Waals surface area contributed by atoms with Gasteiger partial charge in [0.15, 0.2) is 0 Å². The zero-order chi connectivity index (χ0) is 26.5. The lowest BCUT2D eigenvalue weighted by Crippen LogP contribution is -2.62. The first kappa shape index (κ1) is 26.0. The largest absolute Gasteiger partial charge is 0.388 e. The van der Waals surface area contributed by atoms with Crippen molar-refractivity contribution in [1.29, 1.82) is 5.26 Å². The smallest absolute Gasteiger partial charge is 0.282 e. The van der Waals surface area contributed by atoms with Gasteiger partial charge in [-0.3, -0.25) is 9.36 Å². The Bertz CT molecular complexity index is 1390. The van der Waals surface area contributed by atoms with E-state index in [-0.39, 0.29) is 17.6 Å². The van der Waals surface area contributed by atoms with Gasteiger partial charge in [0, 0.05) is 49.8 Å². The van der Waals surface area contributed by atoms with Crippen molar-refractivity contribution < 1.29 is 13.5 Å². The zero-order valence-corrected chi connectivity index (χ0v) is 22.3. The minimum atomic E-state index is -3.46. The van der Waals surface area contributed by atoms with Crippen molar-refractivity contribution >= 4 is 27.2 Å². The van der Waals surface area contributed by atoms with Crippen LogP contribution in [0.1, 0.15) is 50.6 Å². The molecule has 2 atom stereocenters. The number of nitriles is 1. The van der Waals surface area contributed by atoms with Crippen LogP contribution < -0.4 is 10.9 Å². The number of likely N-dealkylation sites (N-methyl/N-ethyl adjacent to an activating group) is 1. The molecular weight excluding hydrogens is 496 g/mol. The van der Waals surface area contributed by atoms with Crippen molar-refractivity contribution in [3.05, 3.63) is 28.2 Å². The number of hydrogen-bond donors (Lipinski definition) is 2. The lowest BCUT2D eigenvalue weighted by Gasteiger charge is -2.44. The van der Waals surface area contributed by atoms with Crippen LogP contribution in [0.4, 0.5) is 5.95 Å². The van der Waals surface area contributed by atoms with Crippen LogP contribution in [0.15, 0.2) is 17.1 Å². The highest BCUT2D eigenvalue weighted by molar-refractivity contribution is 7.86. The number of rotatable bonds is 6. The van der Waals surface area contributed by atoms with Crippen molar-refractivity contribution in [2.24, 2.45) is 0 Å². The second kappa shape index (κ2) is 9.59. The molecule has 1 aliphatic carbocycles. The molecule has 12 nitrogen and oxygen atoms in total. The van der Waals surface area contributed by atoms with Crippen LogP contribution in [0.2, 0.25) is 0 Å². The van der Waals surface area contributed by atoms with E-state index in [4.69, 9.17) is 0 Å². The quantitative estimate of drug-likeness (QED) is 0.545. The summed E-state index contributed by atoms with van der Waals surface area (Å²) in [6.07, 6.45) is 4.73. The second-order valence-corrected chi connectivity index (χ2v) is 12.8. The Morgan fingerprint density at radius 2 is 1.92 bits per heavy atom. The van der Waals surface area contributed by atoms with Crippen LogP contribution in [0.5, 0.6) is 0 Å². The molecule has 13 heteroatoms. The number of aromatic nitrogens is 3. The Morgan fingerprint density at radius 1 is 1.22 bits per heavy atom. The summed E-state index contributed by atoms with van der Waals surface area (Å²) in [7, 11) is 0.452. The number of aliphatic hydroxyl groups is 1. The molecule has 0 amide bonds. The Kier molecular flexibility index (Phi) is 6.74. The average molecular weight is 531 g/mol. The van der Waals surface area contributed by atoms with Gasteiger partial charge in [0.2, 0.25) is 5.95 Å². The number of pyridine rings is 1. The first-order valence-corrected chi connectivity index (χ1v) is 14.1. The molecule has 2 aliphatic heterocycles. The maximum atomic E-state index is 13.1. The molecule has 4 heterocycles. The molecule has 37 heavy (non-hydrogen) atoms. The van der Waals surface area contributed by atoms with E-state index in [1.807, 2.05) is 25.1 Å². The van der Waals surface area contributed by atoms with E-state index in [1.165, 1.54) is 14.9 Å². The lowest BCUT2D eigenvalue weighted by molar-refractivity contribution is 0.0266. The molecular formula is C24H34N8O4S. The molecule has 1 saturated carbocycles. The van der Waals surface area contributed by atoms with Gasteiger partial charge >= 0.3 is 0 Å². The first-order chi connectivity index (χ1) is 17.5. The van der Waals surface area contributed by atoms with Crippen LogP contribution >= 0.6 is 0 Å². The summed E-state index contributed by atoms with van der Waals surface area (Å²) >= 11 is 0. The highest BCUT2D eigenvalue weighted by Crippen LogP contribution is 2.39. The maximum absolute atomic E-state index is 13.1. The van der Waals surface area contributed by atoms with Gasteiger partial charge in [0.25, 0.3) is 15.8 Å². The molecule has 3 aliphatic rings. The van der Waals surface area contributed by atoms with E-state index in [9.17, 15) is 23.6 Å². The van der Waals surface area contributed by atoms with Crippen molar-refractivity contribution in [3.8, 4) is 6.07 Å².